The van der Waals surface area contributed by atoms with Gasteiger partial charge in [0.25, 0.3) is 0 Å². The summed E-state index contributed by atoms with van der Waals surface area (Å²) in [6.45, 7) is 1.72. The number of aromatic nitrogens is 2. The summed E-state index contributed by atoms with van der Waals surface area (Å²) in [6.07, 6.45) is 6.98. The van der Waals surface area contributed by atoms with Gasteiger partial charge in [0.2, 0.25) is 0 Å². The number of aliphatic hydroxyl groups is 1. The van der Waals surface area contributed by atoms with Crippen molar-refractivity contribution in [3.63, 3.8) is 0 Å². The molecule has 1 saturated carbocycles. The number of hydrogen-bond donors (Lipinski definition) is 1. The topological polar surface area (TPSA) is 40.8 Å². The highest BCUT2D eigenvalue weighted by Gasteiger charge is 2.26. The van der Waals surface area contributed by atoms with Crippen LogP contribution in [0.1, 0.15) is 25.0 Å². The summed E-state index contributed by atoms with van der Waals surface area (Å²) >= 11 is 5.98. The minimum absolute atomic E-state index is 0.127. The molecule has 2 unspecified atom stereocenters. The SMILES string of the molecule is CN(Cc1cn2cc(Cl)ccc2n1)CC1CCCC1O. The fourth-order valence-electron chi connectivity index (χ4n) is 3.07. The second-order valence-corrected chi connectivity index (χ2v) is 6.24. The molecule has 0 aliphatic heterocycles. The third kappa shape index (κ3) is 2.97. The molecule has 1 aliphatic carbocycles. The van der Waals surface area contributed by atoms with Crippen LogP contribution < -0.4 is 0 Å². The average Bonchev–Trinajstić information content (AvgIpc) is 2.95. The zero-order valence-corrected chi connectivity index (χ0v) is 12.4. The number of fused-ring (bicyclic) bond motifs is 1. The van der Waals surface area contributed by atoms with E-state index in [0.29, 0.717) is 10.9 Å². The van der Waals surface area contributed by atoms with Crippen molar-refractivity contribution in [2.24, 2.45) is 5.92 Å². The number of halogens is 1. The van der Waals surface area contributed by atoms with Gasteiger partial charge in [0, 0.05) is 25.5 Å². The summed E-state index contributed by atoms with van der Waals surface area (Å²) in [6, 6.07) is 3.78. The van der Waals surface area contributed by atoms with Gasteiger partial charge in [0.15, 0.2) is 0 Å². The van der Waals surface area contributed by atoms with Crippen LogP contribution in [0, 0.1) is 5.92 Å². The van der Waals surface area contributed by atoms with Gasteiger partial charge < -0.3 is 14.4 Å². The highest BCUT2D eigenvalue weighted by Crippen LogP contribution is 2.26. The van der Waals surface area contributed by atoms with E-state index in [4.69, 9.17) is 11.6 Å². The van der Waals surface area contributed by atoms with Gasteiger partial charge in [-0.25, -0.2) is 4.98 Å². The first-order chi connectivity index (χ1) is 9.61. The number of hydrogen-bond acceptors (Lipinski definition) is 3. The van der Waals surface area contributed by atoms with E-state index in [1.54, 1.807) is 0 Å². The molecule has 20 heavy (non-hydrogen) atoms. The minimum Gasteiger partial charge on any atom is -0.393 e. The number of nitrogens with zero attached hydrogens (tertiary/aromatic N) is 3. The fourth-order valence-corrected chi connectivity index (χ4v) is 3.23. The Balaban J connectivity index is 1.66. The molecule has 4 nitrogen and oxygen atoms in total. The second kappa shape index (κ2) is 5.72. The Bertz CT molecular complexity index is 598. The normalized spacial score (nSPS) is 23.0. The van der Waals surface area contributed by atoms with Crippen LogP contribution in [0.2, 0.25) is 5.02 Å². The zero-order valence-electron chi connectivity index (χ0n) is 11.7. The third-order valence-corrected chi connectivity index (χ3v) is 4.29. The first-order valence-corrected chi connectivity index (χ1v) is 7.49. The predicted molar refractivity (Wildman–Crippen MR) is 79.9 cm³/mol. The quantitative estimate of drug-likeness (QED) is 0.942. The molecular weight excluding hydrogens is 274 g/mol. The van der Waals surface area contributed by atoms with Crippen molar-refractivity contribution in [1.29, 1.82) is 0 Å². The summed E-state index contributed by atoms with van der Waals surface area (Å²) in [5.74, 6) is 0.409. The molecule has 0 spiro atoms. The van der Waals surface area contributed by atoms with Gasteiger partial charge in [-0.1, -0.05) is 18.0 Å². The van der Waals surface area contributed by atoms with Crippen LogP contribution in [0.5, 0.6) is 0 Å². The van der Waals surface area contributed by atoms with Crippen LogP contribution in [-0.2, 0) is 6.54 Å². The summed E-state index contributed by atoms with van der Waals surface area (Å²) in [7, 11) is 2.09. The Labute approximate surface area is 124 Å². The molecule has 2 aromatic heterocycles. The van der Waals surface area contributed by atoms with Gasteiger partial charge in [-0.3, -0.25) is 0 Å². The Morgan fingerprint density at radius 3 is 3.00 bits per heavy atom. The first kappa shape index (κ1) is 13.9. The van der Waals surface area contributed by atoms with E-state index in [2.05, 4.69) is 16.9 Å². The maximum absolute atomic E-state index is 9.89. The summed E-state index contributed by atoms with van der Waals surface area (Å²) in [5.41, 5.74) is 1.95. The smallest absolute Gasteiger partial charge is 0.137 e. The molecule has 0 bridgehead atoms. The number of pyridine rings is 1. The fraction of sp³-hybridized carbons (Fsp3) is 0.533. The molecule has 0 aromatic carbocycles. The molecule has 108 valence electrons. The maximum Gasteiger partial charge on any atom is 0.137 e. The number of rotatable bonds is 4. The van der Waals surface area contributed by atoms with E-state index < -0.39 is 0 Å². The summed E-state index contributed by atoms with van der Waals surface area (Å²) in [5, 5.41) is 10.6. The lowest BCUT2D eigenvalue weighted by molar-refractivity contribution is 0.107. The number of aliphatic hydroxyl groups excluding tert-OH is 1. The van der Waals surface area contributed by atoms with Crippen molar-refractivity contribution in [2.45, 2.75) is 31.9 Å². The maximum atomic E-state index is 9.89. The van der Waals surface area contributed by atoms with E-state index in [1.165, 1.54) is 0 Å². The molecule has 0 radical (unpaired) electrons. The van der Waals surface area contributed by atoms with Gasteiger partial charge in [0.05, 0.1) is 16.8 Å². The van der Waals surface area contributed by atoms with Crippen molar-refractivity contribution < 1.29 is 5.11 Å². The predicted octanol–water partition coefficient (Wildman–Crippen LogP) is 2.58. The summed E-state index contributed by atoms with van der Waals surface area (Å²) in [4.78, 5) is 6.83. The molecule has 1 fully saturated rings. The van der Waals surface area contributed by atoms with E-state index in [-0.39, 0.29) is 6.10 Å². The standard InChI is InChI=1S/C15H20ClN3O/c1-18(7-11-3-2-4-14(11)20)9-13-10-19-8-12(16)5-6-15(19)17-13/h5-6,8,10-11,14,20H,2-4,7,9H2,1H3. The van der Waals surface area contributed by atoms with E-state index >= 15 is 0 Å². The zero-order chi connectivity index (χ0) is 14.1. The largest absolute Gasteiger partial charge is 0.393 e. The van der Waals surface area contributed by atoms with Gasteiger partial charge in [0.1, 0.15) is 5.65 Å². The van der Waals surface area contributed by atoms with E-state index in [0.717, 1.165) is 43.7 Å². The van der Waals surface area contributed by atoms with E-state index in [9.17, 15) is 5.11 Å². The number of imidazole rings is 1. The Hall–Kier alpha value is -1.10. The second-order valence-electron chi connectivity index (χ2n) is 5.80. The van der Waals surface area contributed by atoms with Crippen LogP contribution in [0.15, 0.2) is 24.5 Å². The van der Waals surface area contributed by atoms with Gasteiger partial charge in [-0.15, -0.1) is 0 Å². The van der Waals surface area contributed by atoms with Crippen LogP contribution in [0.25, 0.3) is 5.65 Å². The lowest BCUT2D eigenvalue weighted by Crippen LogP contribution is -2.29. The Kier molecular flexibility index (Phi) is 3.96. The molecule has 5 heteroatoms. The van der Waals surface area contributed by atoms with Gasteiger partial charge in [-0.2, -0.15) is 0 Å². The lowest BCUT2D eigenvalue weighted by atomic mass is 10.1. The van der Waals surface area contributed by atoms with Gasteiger partial charge >= 0.3 is 0 Å². The molecule has 2 atom stereocenters. The average molecular weight is 294 g/mol. The highest BCUT2D eigenvalue weighted by molar-refractivity contribution is 6.30. The molecule has 3 rings (SSSR count). The molecule has 0 saturated heterocycles. The van der Waals surface area contributed by atoms with Crippen LogP contribution in [0.4, 0.5) is 0 Å². The molecular formula is C15H20ClN3O. The van der Waals surface area contributed by atoms with Gasteiger partial charge in [-0.05, 0) is 37.9 Å². The van der Waals surface area contributed by atoms with Crippen molar-refractivity contribution in [3.05, 3.63) is 35.2 Å². The van der Waals surface area contributed by atoms with E-state index in [1.807, 2.05) is 28.9 Å². The van der Waals surface area contributed by atoms with Crippen molar-refractivity contribution >= 4 is 17.2 Å². The van der Waals surface area contributed by atoms with Crippen molar-refractivity contribution in [1.82, 2.24) is 14.3 Å². The van der Waals surface area contributed by atoms with Crippen LogP contribution >= 0.6 is 11.6 Å². The summed E-state index contributed by atoms with van der Waals surface area (Å²) < 4.78 is 1.95. The molecule has 2 aromatic rings. The lowest BCUT2D eigenvalue weighted by Gasteiger charge is -2.22. The minimum atomic E-state index is -0.127. The third-order valence-electron chi connectivity index (χ3n) is 4.06. The highest BCUT2D eigenvalue weighted by atomic mass is 35.5. The first-order valence-electron chi connectivity index (χ1n) is 7.11. The Morgan fingerprint density at radius 1 is 1.40 bits per heavy atom. The van der Waals surface area contributed by atoms with Crippen molar-refractivity contribution in [2.75, 3.05) is 13.6 Å². The van der Waals surface area contributed by atoms with Crippen LogP contribution in [-0.4, -0.2) is 39.1 Å². The molecule has 2 heterocycles. The molecule has 0 amide bonds. The van der Waals surface area contributed by atoms with Crippen molar-refractivity contribution in [3.8, 4) is 0 Å². The molecule has 1 N–H and O–H groups in total. The molecule has 1 aliphatic rings. The van der Waals surface area contributed by atoms with Crippen LogP contribution in [0.3, 0.4) is 0 Å². The monoisotopic (exact) mass is 293 g/mol. The Morgan fingerprint density at radius 2 is 2.25 bits per heavy atom.